The molecule has 12 heteroatoms. The summed E-state index contributed by atoms with van der Waals surface area (Å²) in [7, 11) is -3.58. The molecule has 2 rings (SSSR count). The standard InChI is InChI=1S/C17H20F3N3O4S2/c18-17(19,20)16(26,7-9-29(22,27)8-6-12(21)15(24)25)14-10-13(28-23-14)11-4-2-1-3-5-11/h1-5,10,12,22,26H,6-9,21H2,(H,24,25)/t12-,16?,29?/m0/s1. The van der Waals surface area contributed by atoms with Crippen LogP contribution >= 0.6 is 11.5 Å². The van der Waals surface area contributed by atoms with Gasteiger partial charge in [0.2, 0.25) is 5.60 Å². The van der Waals surface area contributed by atoms with E-state index >= 15 is 0 Å². The van der Waals surface area contributed by atoms with Gasteiger partial charge in [-0.1, -0.05) is 30.3 Å². The Bertz CT molecular complexity index is 948. The number of aromatic nitrogens is 1. The van der Waals surface area contributed by atoms with E-state index in [0.717, 1.165) is 17.6 Å². The molecule has 1 heterocycles. The highest BCUT2D eigenvalue weighted by Gasteiger charge is 2.56. The molecular formula is C17H20F3N3O4S2. The minimum Gasteiger partial charge on any atom is -0.480 e. The number of carboxylic acids is 1. The quantitative estimate of drug-likeness (QED) is 0.463. The number of halogens is 3. The van der Waals surface area contributed by atoms with Gasteiger partial charge < -0.3 is 15.9 Å². The van der Waals surface area contributed by atoms with Crippen molar-refractivity contribution in [2.45, 2.75) is 30.7 Å². The molecule has 0 aliphatic carbocycles. The van der Waals surface area contributed by atoms with Gasteiger partial charge in [0.05, 0.1) is 10.6 Å². The third-order valence-electron chi connectivity index (χ3n) is 4.33. The number of nitrogens with one attached hydrogen (secondary N) is 1. The number of benzene rings is 1. The highest BCUT2D eigenvalue weighted by molar-refractivity contribution is 7.92. The summed E-state index contributed by atoms with van der Waals surface area (Å²) in [6.07, 6.45) is -6.47. The Balaban J connectivity index is 2.21. The minimum atomic E-state index is -5.11. The molecule has 2 unspecified atom stereocenters. The van der Waals surface area contributed by atoms with Gasteiger partial charge in [0, 0.05) is 27.7 Å². The van der Waals surface area contributed by atoms with Crippen LogP contribution in [-0.2, 0) is 20.1 Å². The predicted molar refractivity (Wildman–Crippen MR) is 103 cm³/mol. The minimum absolute atomic E-state index is 0.322. The summed E-state index contributed by atoms with van der Waals surface area (Å²) < 4.78 is 64.7. The van der Waals surface area contributed by atoms with Crippen molar-refractivity contribution < 1.29 is 32.4 Å². The summed E-state index contributed by atoms with van der Waals surface area (Å²) >= 11 is 0.786. The van der Waals surface area contributed by atoms with Crippen LogP contribution in [0.1, 0.15) is 18.5 Å². The topological polar surface area (TPSA) is 137 Å². The van der Waals surface area contributed by atoms with E-state index in [2.05, 4.69) is 4.37 Å². The maximum atomic E-state index is 13.7. The first-order valence-electron chi connectivity index (χ1n) is 8.40. The molecule has 0 amide bonds. The monoisotopic (exact) mass is 451 g/mol. The van der Waals surface area contributed by atoms with Crippen LogP contribution in [0.4, 0.5) is 13.2 Å². The molecule has 7 nitrogen and oxygen atoms in total. The Morgan fingerprint density at radius 2 is 1.90 bits per heavy atom. The normalized spacial score (nSPS) is 17.3. The molecule has 0 radical (unpaired) electrons. The lowest BCUT2D eigenvalue weighted by Gasteiger charge is -2.29. The van der Waals surface area contributed by atoms with E-state index in [1.165, 1.54) is 0 Å². The number of aliphatic carboxylic acids is 1. The first-order chi connectivity index (χ1) is 13.4. The molecule has 1 aromatic carbocycles. The van der Waals surface area contributed by atoms with Gasteiger partial charge in [-0.15, -0.1) is 0 Å². The molecule has 29 heavy (non-hydrogen) atoms. The SMILES string of the molecule is N=S(=O)(CC[C@H](N)C(=O)O)CCC(O)(c1cc(-c2ccccc2)sn1)C(F)(F)F. The maximum absolute atomic E-state index is 13.7. The fraction of sp³-hybridized carbons (Fsp3) is 0.412. The number of alkyl halides is 3. The van der Waals surface area contributed by atoms with Gasteiger partial charge in [-0.3, -0.25) is 9.57 Å². The Hall–Kier alpha value is -2.02. The predicted octanol–water partition coefficient (Wildman–Crippen LogP) is 2.80. The lowest BCUT2D eigenvalue weighted by Crippen LogP contribution is -2.44. The van der Waals surface area contributed by atoms with E-state index in [9.17, 15) is 27.3 Å². The van der Waals surface area contributed by atoms with Gasteiger partial charge in [0.1, 0.15) is 6.04 Å². The third kappa shape index (κ3) is 5.75. The lowest BCUT2D eigenvalue weighted by molar-refractivity contribution is -0.268. The van der Waals surface area contributed by atoms with Crippen molar-refractivity contribution >= 4 is 27.2 Å². The zero-order valence-electron chi connectivity index (χ0n) is 15.1. The first kappa shape index (κ1) is 23.3. The van der Waals surface area contributed by atoms with Crippen LogP contribution in [0.3, 0.4) is 0 Å². The van der Waals surface area contributed by atoms with Gasteiger partial charge in [0.15, 0.2) is 0 Å². The fourth-order valence-electron chi connectivity index (χ4n) is 2.48. The van der Waals surface area contributed by atoms with Crippen molar-refractivity contribution in [3.63, 3.8) is 0 Å². The fourth-order valence-corrected chi connectivity index (χ4v) is 4.75. The van der Waals surface area contributed by atoms with E-state index in [4.69, 9.17) is 15.6 Å². The van der Waals surface area contributed by atoms with Crippen LogP contribution in [0, 0.1) is 4.78 Å². The first-order valence-corrected chi connectivity index (χ1v) is 11.1. The van der Waals surface area contributed by atoms with Crippen LogP contribution in [0.5, 0.6) is 0 Å². The third-order valence-corrected chi connectivity index (χ3v) is 6.93. The van der Waals surface area contributed by atoms with Crippen LogP contribution in [0.2, 0.25) is 0 Å². The molecule has 160 valence electrons. The molecule has 5 N–H and O–H groups in total. The van der Waals surface area contributed by atoms with E-state index in [-0.39, 0.29) is 6.42 Å². The summed E-state index contributed by atoms with van der Waals surface area (Å²) in [6.45, 7) is 0. The number of nitrogens with two attached hydrogens (primary N) is 1. The second kappa shape index (κ2) is 8.78. The summed E-state index contributed by atoms with van der Waals surface area (Å²) in [5.41, 5.74) is 1.90. The summed E-state index contributed by atoms with van der Waals surface area (Å²) in [6, 6.07) is 8.30. The molecule has 3 atom stereocenters. The van der Waals surface area contributed by atoms with E-state index in [0.29, 0.717) is 10.4 Å². The van der Waals surface area contributed by atoms with E-state index < -0.39 is 57.1 Å². The van der Waals surface area contributed by atoms with Crippen LogP contribution in [0.15, 0.2) is 36.4 Å². The molecule has 0 aliphatic rings. The van der Waals surface area contributed by atoms with Gasteiger partial charge in [-0.05, 0) is 29.6 Å². The largest absolute Gasteiger partial charge is 0.480 e. The molecule has 0 fully saturated rings. The van der Waals surface area contributed by atoms with Crippen molar-refractivity contribution in [3.8, 4) is 10.4 Å². The van der Waals surface area contributed by atoms with Crippen molar-refractivity contribution in [1.29, 1.82) is 4.78 Å². The summed E-state index contributed by atoms with van der Waals surface area (Å²) in [4.78, 5) is 11.1. The lowest BCUT2D eigenvalue weighted by atomic mass is 9.95. The molecule has 0 spiro atoms. The average Bonchev–Trinajstić information content (AvgIpc) is 3.14. The van der Waals surface area contributed by atoms with E-state index in [1.807, 2.05) is 0 Å². The Kier molecular flexibility index (Phi) is 7.04. The zero-order valence-corrected chi connectivity index (χ0v) is 16.7. The maximum Gasteiger partial charge on any atom is 0.423 e. The van der Waals surface area contributed by atoms with Crippen molar-refractivity contribution in [2.75, 3.05) is 11.5 Å². The van der Waals surface area contributed by atoms with Gasteiger partial charge >= 0.3 is 12.1 Å². The molecule has 2 aromatic rings. The van der Waals surface area contributed by atoms with Gasteiger partial charge in [0.25, 0.3) is 0 Å². The smallest absolute Gasteiger partial charge is 0.423 e. The second-order valence-corrected chi connectivity index (χ2v) is 9.75. The average molecular weight is 451 g/mol. The molecule has 0 saturated heterocycles. The van der Waals surface area contributed by atoms with Crippen LogP contribution in [-0.4, -0.2) is 48.5 Å². The van der Waals surface area contributed by atoms with E-state index in [1.54, 1.807) is 30.3 Å². The number of rotatable bonds is 9. The summed E-state index contributed by atoms with van der Waals surface area (Å²) in [5.74, 6) is -2.63. The number of carboxylic acid groups (broad SMARTS) is 1. The second-order valence-electron chi connectivity index (χ2n) is 6.50. The Labute approximate surface area is 169 Å². The molecule has 1 aromatic heterocycles. The van der Waals surface area contributed by atoms with Crippen LogP contribution in [0.25, 0.3) is 10.4 Å². The van der Waals surface area contributed by atoms with Crippen molar-refractivity contribution in [3.05, 3.63) is 42.1 Å². The number of carbonyl (C=O) groups is 1. The molecule has 0 aliphatic heterocycles. The zero-order chi connectivity index (χ0) is 21.9. The van der Waals surface area contributed by atoms with Crippen molar-refractivity contribution in [2.24, 2.45) is 5.73 Å². The number of nitrogens with zero attached hydrogens (tertiary/aromatic N) is 1. The number of hydrogen-bond donors (Lipinski definition) is 4. The van der Waals surface area contributed by atoms with Crippen molar-refractivity contribution in [1.82, 2.24) is 4.37 Å². The number of aliphatic hydroxyl groups is 1. The van der Waals surface area contributed by atoms with Gasteiger partial charge in [-0.2, -0.15) is 17.5 Å². The van der Waals surface area contributed by atoms with Crippen LogP contribution < -0.4 is 5.73 Å². The molecule has 0 saturated carbocycles. The highest BCUT2D eigenvalue weighted by atomic mass is 32.2. The Morgan fingerprint density at radius 1 is 1.28 bits per heavy atom. The molecule has 0 bridgehead atoms. The summed E-state index contributed by atoms with van der Waals surface area (Å²) in [5, 5.41) is 19.1. The van der Waals surface area contributed by atoms with Gasteiger partial charge in [-0.25, -0.2) is 4.21 Å². The molecular weight excluding hydrogens is 431 g/mol. The number of hydrogen-bond acceptors (Lipinski definition) is 7. The Morgan fingerprint density at radius 3 is 2.45 bits per heavy atom. The highest BCUT2D eigenvalue weighted by Crippen LogP contribution is 2.43.